The first-order valence-corrected chi connectivity index (χ1v) is 4.15. The van der Waals surface area contributed by atoms with Crippen LogP contribution in [0.1, 0.15) is 6.92 Å². The summed E-state index contributed by atoms with van der Waals surface area (Å²) in [5.74, 6) is -0.195. The molecule has 1 aliphatic heterocycles. The van der Waals surface area contributed by atoms with E-state index in [2.05, 4.69) is 4.98 Å². The second-order valence-corrected chi connectivity index (χ2v) is 3.52. The molecule has 1 aromatic heterocycles. The predicted molar refractivity (Wildman–Crippen MR) is 47.0 cm³/mol. The fraction of sp³-hybridized carbons (Fsp3) is 0.571. The second kappa shape index (κ2) is 2.68. The van der Waals surface area contributed by atoms with Crippen molar-refractivity contribution in [3.05, 3.63) is 16.3 Å². The Balaban J connectivity index is 2.28. The topological polar surface area (TPSA) is 96.2 Å². The lowest BCUT2D eigenvalue weighted by atomic mass is 10.1. The molecular formula is C7H10N4O3. The Labute approximate surface area is 79.6 Å². The summed E-state index contributed by atoms with van der Waals surface area (Å²) in [6.07, 6.45) is 1.36. The SMILES string of the molecule is C[C@]1(CN)Cn2cc([N+](=O)[O-])nc2O1. The fourth-order valence-corrected chi connectivity index (χ4v) is 1.39. The summed E-state index contributed by atoms with van der Waals surface area (Å²) in [5, 5.41) is 10.4. The van der Waals surface area contributed by atoms with Gasteiger partial charge in [0, 0.05) is 11.5 Å². The summed E-state index contributed by atoms with van der Waals surface area (Å²) in [5.41, 5.74) is 5.02. The number of imidazole rings is 1. The zero-order valence-electron chi connectivity index (χ0n) is 7.64. The van der Waals surface area contributed by atoms with Crippen molar-refractivity contribution >= 4 is 5.82 Å². The largest absolute Gasteiger partial charge is 0.436 e. The lowest BCUT2D eigenvalue weighted by Crippen LogP contribution is -2.39. The molecule has 0 radical (unpaired) electrons. The highest BCUT2D eigenvalue weighted by Gasteiger charge is 2.39. The van der Waals surface area contributed by atoms with Gasteiger partial charge >= 0.3 is 11.8 Å². The van der Waals surface area contributed by atoms with E-state index in [1.165, 1.54) is 6.20 Å². The first kappa shape index (κ1) is 8.95. The van der Waals surface area contributed by atoms with Crippen LogP contribution < -0.4 is 10.5 Å². The summed E-state index contributed by atoms with van der Waals surface area (Å²) in [6, 6.07) is 0.268. The molecule has 1 atom stereocenters. The van der Waals surface area contributed by atoms with Crippen LogP contribution in [-0.4, -0.2) is 26.6 Å². The van der Waals surface area contributed by atoms with E-state index in [9.17, 15) is 10.1 Å². The molecular weight excluding hydrogens is 188 g/mol. The van der Waals surface area contributed by atoms with Crippen LogP contribution in [0, 0.1) is 10.1 Å². The molecule has 2 rings (SSSR count). The Bertz CT molecular complexity index is 363. The molecule has 0 aliphatic carbocycles. The maximum atomic E-state index is 10.4. The number of fused-ring (bicyclic) bond motifs is 1. The van der Waals surface area contributed by atoms with Crippen LogP contribution in [0.25, 0.3) is 0 Å². The van der Waals surface area contributed by atoms with Crippen LogP contribution in [-0.2, 0) is 6.54 Å². The van der Waals surface area contributed by atoms with Crippen molar-refractivity contribution in [1.29, 1.82) is 0 Å². The number of nitrogens with zero attached hydrogens (tertiary/aromatic N) is 3. The highest BCUT2D eigenvalue weighted by atomic mass is 16.6. The van der Waals surface area contributed by atoms with E-state index in [1.807, 2.05) is 6.92 Å². The maximum Gasteiger partial charge on any atom is 0.415 e. The minimum atomic E-state index is -0.547. The Morgan fingerprint density at radius 1 is 1.93 bits per heavy atom. The van der Waals surface area contributed by atoms with E-state index >= 15 is 0 Å². The Morgan fingerprint density at radius 3 is 3.14 bits per heavy atom. The summed E-state index contributed by atoms with van der Waals surface area (Å²) >= 11 is 0. The molecule has 7 nitrogen and oxygen atoms in total. The lowest BCUT2D eigenvalue weighted by molar-refractivity contribution is -0.389. The van der Waals surface area contributed by atoms with Crippen LogP contribution >= 0.6 is 0 Å². The quantitative estimate of drug-likeness (QED) is 0.528. The van der Waals surface area contributed by atoms with Gasteiger partial charge in [-0.2, -0.15) is 0 Å². The molecule has 0 saturated carbocycles. The number of hydrogen-bond acceptors (Lipinski definition) is 5. The molecule has 0 fully saturated rings. The van der Waals surface area contributed by atoms with E-state index in [4.69, 9.17) is 10.5 Å². The number of ether oxygens (including phenoxy) is 1. The molecule has 0 saturated heterocycles. The van der Waals surface area contributed by atoms with Crippen molar-refractivity contribution in [2.75, 3.05) is 6.54 Å². The van der Waals surface area contributed by atoms with E-state index in [0.29, 0.717) is 13.1 Å². The third-order valence-corrected chi connectivity index (χ3v) is 2.19. The van der Waals surface area contributed by atoms with Crippen molar-refractivity contribution in [2.45, 2.75) is 19.1 Å². The van der Waals surface area contributed by atoms with Gasteiger partial charge in [-0.3, -0.25) is 4.57 Å². The number of nitrogens with two attached hydrogens (primary N) is 1. The average Bonchev–Trinajstić information content (AvgIpc) is 2.59. The monoisotopic (exact) mass is 198 g/mol. The summed E-state index contributed by atoms with van der Waals surface area (Å²) in [6.45, 7) is 2.69. The number of aromatic nitrogens is 2. The van der Waals surface area contributed by atoms with Gasteiger partial charge in [-0.1, -0.05) is 0 Å². The molecule has 0 bridgehead atoms. The molecule has 14 heavy (non-hydrogen) atoms. The minimum Gasteiger partial charge on any atom is -0.436 e. The molecule has 7 heteroatoms. The summed E-state index contributed by atoms with van der Waals surface area (Å²) in [7, 11) is 0. The highest BCUT2D eigenvalue weighted by molar-refractivity contribution is 5.23. The van der Waals surface area contributed by atoms with E-state index < -0.39 is 10.5 Å². The van der Waals surface area contributed by atoms with Gasteiger partial charge in [0.1, 0.15) is 11.8 Å². The number of nitro groups is 1. The number of hydrogen-bond donors (Lipinski definition) is 1. The van der Waals surface area contributed by atoms with Crippen LogP contribution in [0.4, 0.5) is 5.82 Å². The van der Waals surface area contributed by atoms with Gasteiger partial charge in [0.15, 0.2) is 0 Å². The summed E-state index contributed by atoms with van der Waals surface area (Å²) < 4.78 is 7.00. The third kappa shape index (κ3) is 1.22. The fourth-order valence-electron chi connectivity index (χ4n) is 1.39. The standard InChI is InChI=1S/C7H10N4O3/c1-7(3-8)4-10-2-5(11(12)13)9-6(10)14-7/h2H,3-4,8H2,1H3/t7-/m0/s1. The number of rotatable bonds is 2. The molecule has 0 unspecified atom stereocenters. The van der Waals surface area contributed by atoms with Gasteiger partial charge in [-0.15, -0.1) is 0 Å². The normalized spacial score (nSPS) is 24.4. The van der Waals surface area contributed by atoms with Crippen LogP contribution in [0.15, 0.2) is 6.20 Å². The van der Waals surface area contributed by atoms with Crippen molar-refractivity contribution in [1.82, 2.24) is 9.55 Å². The van der Waals surface area contributed by atoms with Crippen molar-refractivity contribution in [3.8, 4) is 6.01 Å². The Hall–Kier alpha value is -1.63. The molecule has 1 aliphatic rings. The minimum absolute atomic E-state index is 0.195. The van der Waals surface area contributed by atoms with E-state index in [1.54, 1.807) is 4.57 Å². The van der Waals surface area contributed by atoms with Crippen LogP contribution in [0.5, 0.6) is 6.01 Å². The molecule has 76 valence electrons. The first-order valence-electron chi connectivity index (χ1n) is 4.15. The molecule has 2 N–H and O–H groups in total. The average molecular weight is 198 g/mol. The zero-order valence-corrected chi connectivity index (χ0v) is 7.64. The Kier molecular flexibility index (Phi) is 1.71. The van der Waals surface area contributed by atoms with Crippen LogP contribution in [0.3, 0.4) is 0 Å². The third-order valence-electron chi connectivity index (χ3n) is 2.19. The highest BCUT2D eigenvalue weighted by Crippen LogP contribution is 2.29. The molecule has 1 aromatic rings. The predicted octanol–water partition coefficient (Wildman–Crippen LogP) is -0.0989. The summed E-state index contributed by atoms with van der Waals surface area (Å²) in [4.78, 5) is 13.6. The first-order chi connectivity index (χ1) is 6.54. The van der Waals surface area contributed by atoms with Gasteiger partial charge < -0.3 is 20.6 Å². The molecule has 0 spiro atoms. The zero-order chi connectivity index (χ0) is 10.3. The van der Waals surface area contributed by atoms with Crippen LogP contribution in [0.2, 0.25) is 0 Å². The van der Waals surface area contributed by atoms with Crippen molar-refractivity contribution < 1.29 is 9.66 Å². The van der Waals surface area contributed by atoms with Gasteiger partial charge in [0.2, 0.25) is 0 Å². The lowest BCUT2D eigenvalue weighted by Gasteiger charge is -2.18. The molecule has 2 heterocycles. The molecule has 0 amide bonds. The second-order valence-electron chi connectivity index (χ2n) is 3.52. The Morgan fingerprint density at radius 2 is 2.64 bits per heavy atom. The van der Waals surface area contributed by atoms with Gasteiger partial charge in [0.05, 0.1) is 6.54 Å². The van der Waals surface area contributed by atoms with Crippen molar-refractivity contribution in [3.63, 3.8) is 0 Å². The van der Waals surface area contributed by atoms with Gasteiger partial charge in [-0.25, -0.2) is 0 Å². The van der Waals surface area contributed by atoms with Gasteiger partial charge in [0.25, 0.3) is 0 Å². The van der Waals surface area contributed by atoms with Gasteiger partial charge in [-0.05, 0) is 11.8 Å². The molecule has 0 aromatic carbocycles. The van der Waals surface area contributed by atoms with Crippen molar-refractivity contribution in [2.24, 2.45) is 5.73 Å². The maximum absolute atomic E-state index is 10.4. The van der Waals surface area contributed by atoms with E-state index in [0.717, 1.165) is 0 Å². The van der Waals surface area contributed by atoms with E-state index in [-0.39, 0.29) is 11.8 Å². The smallest absolute Gasteiger partial charge is 0.415 e.